The van der Waals surface area contributed by atoms with Crippen LogP contribution in [0, 0.1) is 62.3 Å². The molecule has 14 rings (SSSR count). The van der Waals surface area contributed by atoms with Crippen molar-refractivity contribution in [2.45, 2.75) is 160 Å². The highest BCUT2D eigenvalue weighted by atomic mass is 16.3. The minimum atomic E-state index is -0.212. The summed E-state index contributed by atoms with van der Waals surface area (Å²) in [4.78, 5) is 83.2. The van der Waals surface area contributed by atoms with Gasteiger partial charge in [0.05, 0.1) is 0 Å². The number of rotatable bonds is 28. The second-order valence-corrected chi connectivity index (χ2v) is 33.2. The molecule has 139 heavy (non-hydrogen) atoms. The van der Waals surface area contributed by atoms with Crippen molar-refractivity contribution in [1.29, 1.82) is 0 Å². The van der Waals surface area contributed by atoms with Crippen molar-refractivity contribution in [1.82, 2.24) is 0 Å². The van der Waals surface area contributed by atoms with Crippen LogP contribution in [0.15, 0.2) is 309 Å². The van der Waals surface area contributed by atoms with Gasteiger partial charge in [0.2, 0.25) is 41.4 Å². The van der Waals surface area contributed by atoms with Crippen LogP contribution < -0.4 is 37.2 Å². The fourth-order valence-corrected chi connectivity index (χ4v) is 13.8. The monoisotopic (exact) mass is 1880 g/mol. The van der Waals surface area contributed by atoms with E-state index >= 15 is 0 Å². The molecule has 0 saturated heterocycles. The van der Waals surface area contributed by atoms with Crippen LogP contribution in [-0.4, -0.2) is 92.4 Å². The third-order valence-electron chi connectivity index (χ3n) is 21.7. The Hall–Kier alpha value is -16.6. The minimum absolute atomic E-state index is 0. The number of carbonyl (C=O) groups excluding carboxylic acids is 7. The number of carbonyl (C=O) groups is 7. The van der Waals surface area contributed by atoms with E-state index in [1.165, 1.54) is 35.4 Å². The largest absolute Gasteiger partial charge is 0.508 e. The first-order chi connectivity index (χ1) is 66.1. The standard InChI is InChI=1S/2C17H19NO2.C16H17NO4.C16H17NO3.3C16H17NO2.CH4/c1-12-6-8-16(13(2)10-12)18-17(20)9-7-14-4-3-5-15(19)11-14;1-12-7-9-15(13(2)11-12)18-17(20)10-8-14-5-3-4-6-16(14)19;1-10-2-5-12(18)8-14(10)17-16(21)7-4-11-3-6-13(19)9-15(11)20;1-11-5-7-14(19)10-15(11)17-16(20)8-6-12-3-2-4-13(18)9-12;1-12-6-2-4-8-14(12)17-16(19)11-10-13-7-3-5-9-15(13)18;1-12-5-2-3-8-15(12)17-16(19)10-9-13-6-4-7-14(18)11-13;1-12-7-9-14(18)11-15(12)17-16(19)10-8-13-5-3-2-4-6-13;/h3-6,8,10-11,19H,7,9H2,1-2H3,(H,18,20);3-7,9,11,19H,8,10H2,1-2H3,(H,18,20);2-3,5-6,8-9,18-20H,4,7H2,1H3,(H,17,21);2-5,7,9-10,18-19H,6,8H2,1H3,(H,17,20);2-9,18H,10-11H2,1H3,(H,17,19);2-8,11,18H,9-10H2,1H3,(H,17,19);2-7,9,11,18H,8,10H2,1H3,(H,17,19);1H4. The lowest BCUT2D eigenvalue weighted by Gasteiger charge is -2.09. The second-order valence-electron chi connectivity index (χ2n) is 33.2. The van der Waals surface area contributed by atoms with Crippen LogP contribution in [0.25, 0.3) is 0 Å². The predicted molar refractivity (Wildman–Crippen MR) is 555 cm³/mol. The van der Waals surface area contributed by atoms with Crippen molar-refractivity contribution >= 4 is 81.2 Å². The van der Waals surface area contributed by atoms with Crippen molar-refractivity contribution < 1.29 is 84.6 Å². The molecule has 724 valence electrons. The van der Waals surface area contributed by atoms with E-state index in [-0.39, 0.29) is 113 Å². The van der Waals surface area contributed by atoms with E-state index in [1.54, 1.807) is 127 Å². The molecule has 0 aliphatic rings. The van der Waals surface area contributed by atoms with Crippen LogP contribution in [0.3, 0.4) is 0 Å². The molecular formula is C115H127N7O17. The van der Waals surface area contributed by atoms with Crippen LogP contribution in [-0.2, 0) is 78.5 Å². The molecule has 24 heteroatoms. The van der Waals surface area contributed by atoms with Gasteiger partial charge in [0.15, 0.2) is 0 Å². The Morgan fingerprint density at radius 1 is 0.187 bits per heavy atom. The smallest absolute Gasteiger partial charge is 0.224 e. The fraction of sp³-hybridized carbons (Fsp3) is 0.209. The van der Waals surface area contributed by atoms with E-state index < -0.39 is 0 Å². The molecule has 0 bridgehead atoms. The van der Waals surface area contributed by atoms with Crippen LogP contribution in [0.1, 0.15) is 141 Å². The zero-order valence-corrected chi connectivity index (χ0v) is 79.2. The Bertz CT molecular complexity index is 6400. The summed E-state index contributed by atoms with van der Waals surface area (Å²) in [7, 11) is 0. The van der Waals surface area contributed by atoms with Gasteiger partial charge in [0.25, 0.3) is 0 Å². The molecule has 0 aliphatic heterocycles. The quantitative estimate of drug-likeness (QED) is 0.0217. The van der Waals surface area contributed by atoms with Crippen LogP contribution >= 0.6 is 0 Å². The van der Waals surface area contributed by atoms with Gasteiger partial charge in [-0.15, -0.1) is 0 Å². The Morgan fingerprint density at radius 2 is 0.432 bits per heavy atom. The van der Waals surface area contributed by atoms with Crippen molar-refractivity contribution in [3.8, 4) is 57.5 Å². The molecule has 0 fully saturated rings. The number of aryl methyl sites for hydroxylation is 16. The van der Waals surface area contributed by atoms with E-state index in [9.17, 15) is 84.6 Å². The third-order valence-corrected chi connectivity index (χ3v) is 21.7. The molecule has 0 heterocycles. The lowest BCUT2D eigenvalue weighted by molar-refractivity contribution is -0.117. The average molecular weight is 1880 g/mol. The first kappa shape index (κ1) is 109. The summed E-state index contributed by atoms with van der Waals surface area (Å²) >= 11 is 0. The van der Waals surface area contributed by atoms with Crippen LogP contribution in [0.4, 0.5) is 39.8 Å². The van der Waals surface area contributed by atoms with E-state index in [2.05, 4.69) is 37.2 Å². The van der Waals surface area contributed by atoms with Gasteiger partial charge >= 0.3 is 0 Å². The molecule has 0 radical (unpaired) electrons. The average Bonchev–Trinajstić information content (AvgIpc) is 0.878. The summed E-state index contributed by atoms with van der Waals surface area (Å²) in [6.45, 7) is 17.5. The lowest BCUT2D eigenvalue weighted by atomic mass is 10.1. The maximum atomic E-state index is 11.9. The van der Waals surface area contributed by atoms with E-state index in [0.717, 1.165) is 95.1 Å². The zero-order valence-electron chi connectivity index (χ0n) is 79.2. The molecular weight excluding hydrogens is 1750 g/mol. The highest BCUT2D eigenvalue weighted by Gasteiger charge is 2.16. The molecule has 14 aromatic carbocycles. The number of nitrogens with one attached hydrogen (secondary N) is 7. The van der Waals surface area contributed by atoms with Gasteiger partial charge in [-0.05, 0) is 282 Å². The zero-order chi connectivity index (χ0) is 100. The number of para-hydroxylation sites is 4. The maximum Gasteiger partial charge on any atom is 0.224 e. The van der Waals surface area contributed by atoms with Gasteiger partial charge in [-0.2, -0.15) is 0 Å². The van der Waals surface area contributed by atoms with E-state index in [1.807, 2.05) is 220 Å². The molecule has 0 aromatic heterocycles. The van der Waals surface area contributed by atoms with Crippen molar-refractivity contribution in [3.63, 3.8) is 0 Å². The Morgan fingerprint density at radius 3 is 0.741 bits per heavy atom. The minimum Gasteiger partial charge on any atom is -0.508 e. The molecule has 0 aliphatic carbocycles. The number of phenols is 10. The number of benzene rings is 14. The molecule has 0 spiro atoms. The van der Waals surface area contributed by atoms with Crippen molar-refractivity contribution in [2.75, 3.05) is 37.2 Å². The lowest BCUT2D eigenvalue weighted by Crippen LogP contribution is -2.13. The molecule has 0 unspecified atom stereocenters. The summed E-state index contributed by atoms with van der Waals surface area (Å²) in [6, 6.07) is 91.1. The Balaban J connectivity index is 0.000000220. The predicted octanol–water partition coefficient (Wildman–Crippen LogP) is 23.3. The second kappa shape index (κ2) is 57.2. The number of phenolic OH excluding ortho intramolecular Hbond substituents is 10. The van der Waals surface area contributed by atoms with E-state index in [0.29, 0.717) is 106 Å². The van der Waals surface area contributed by atoms with Crippen molar-refractivity contribution in [3.05, 3.63) is 398 Å². The highest BCUT2D eigenvalue weighted by Crippen LogP contribution is 2.30. The van der Waals surface area contributed by atoms with Gasteiger partial charge in [-0.3, -0.25) is 33.6 Å². The molecule has 17 N–H and O–H groups in total. The number of amides is 7. The van der Waals surface area contributed by atoms with Gasteiger partial charge in [0, 0.05) is 109 Å². The number of hydrogen-bond acceptors (Lipinski definition) is 17. The van der Waals surface area contributed by atoms with Gasteiger partial charge in [0.1, 0.15) is 57.5 Å². The van der Waals surface area contributed by atoms with Crippen molar-refractivity contribution in [2.24, 2.45) is 0 Å². The SMILES string of the molecule is C.Cc1ccc(NC(=O)CCc2cccc(O)c2)c(C)c1.Cc1ccc(NC(=O)CCc2ccccc2O)c(C)c1.Cc1ccc(O)cc1NC(=O)CCc1ccc(O)cc1O.Cc1ccc(O)cc1NC(=O)CCc1cccc(O)c1.Cc1ccc(O)cc1NC(=O)CCc1ccccc1.Cc1ccccc1NC(=O)CCc1cccc(O)c1.Cc1ccccc1NC(=O)CCc1ccccc1O. The molecule has 0 saturated carbocycles. The fourth-order valence-electron chi connectivity index (χ4n) is 13.8. The third kappa shape index (κ3) is 40.6. The molecule has 24 nitrogen and oxygen atoms in total. The maximum absolute atomic E-state index is 11.9. The normalized spacial score (nSPS) is 10.2. The molecule has 14 aromatic rings. The Labute approximate surface area is 813 Å². The van der Waals surface area contributed by atoms with E-state index in [4.69, 9.17) is 0 Å². The van der Waals surface area contributed by atoms with Crippen LogP contribution in [0.2, 0.25) is 0 Å². The number of hydrogen-bond donors (Lipinski definition) is 17. The summed E-state index contributed by atoms with van der Waals surface area (Å²) in [5.74, 6) is 0.979. The topological polar surface area (TPSA) is 406 Å². The number of aromatic hydroxyl groups is 10. The first-order valence-corrected chi connectivity index (χ1v) is 45.2. The molecule has 0 atom stereocenters. The molecule has 7 amide bonds. The van der Waals surface area contributed by atoms with Gasteiger partial charge < -0.3 is 88.3 Å². The summed E-state index contributed by atoms with van der Waals surface area (Å²) in [5.41, 5.74) is 20.6. The summed E-state index contributed by atoms with van der Waals surface area (Å²) in [5, 5.41) is 114. The highest BCUT2D eigenvalue weighted by molar-refractivity contribution is 5.96. The number of anilines is 7. The Kier molecular flexibility index (Phi) is 45.0. The van der Waals surface area contributed by atoms with Crippen LogP contribution in [0.5, 0.6) is 57.5 Å². The summed E-state index contributed by atoms with van der Waals surface area (Å²) < 4.78 is 0. The first-order valence-electron chi connectivity index (χ1n) is 45.2. The van der Waals surface area contributed by atoms with Gasteiger partial charge in [-0.1, -0.05) is 207 Å². The summed E-state index contributed by atoms with van der Waals surface area (Å²) in [6.07, 6.45) is 6.36. The van der Waals surface area contributed by atoms with Gasteiger partial charge in [-0.25, -0.2) is 0 Å².